The fraction of sp³-hybridized carbons (Fsp3) is 0.176. The van der Waals surface area contributed by atoms with Crippen molar-refractivity contribution >= 4 is 11.0 Å². The SMILES string of the molecule is N#CCc1nc2cc(C(F)(F)F)ccc2n1Cc1ccccc1. The lowest BCUT2D eigenvalue weighted by atomic mass is 10.2. The molecule has 3 rings (SSSR count). The van der Waals surface area contributed by atoms with E-state index >= 15 is 0 Å². The summed E-state index contributed by atoms with van der Waals surface area (Å²) in [6, 6.07) is 15.0. The van der Waals surface area contributed by atoms with Gasteiger partial charge in [-0.1, -0.05) is 30.3 Å². The van der Waals surface area contributed by atoms with Crippen LogP contribution in [0.3, 0.4) is 0 Å². The van der Waals surface area contributed by atoms with Crippen LogP contribution in [0.25, 0.3) is 11.0 Å². The number of rotatable bonds is 3. The molecule has 0 saturated carbocycles. The molecule has 0 radical (unpaired) electrons. The molecule has 0 bridgehead atoms. The molecule has 0 saturated heterocycles. The number of fused-ring (bicyclic) bond motifs is 1. The monoisotopic (exact) mass is 315 g/mol. The Balaban J connectivity index is 2.11. The lowest BCUT2D eigenvalue weighted by Gasteiger charge is -2.09. The maximum Gasteiger partial charge on any atom is 0.416 e. The molecular weight excluding hydrogens is 303 g/mol. The average Bonchev–Trinajstić information content (AvgIpc) is 2.85. The first-order chi connectivity index (χ1) is 11.0. The molecule has 1 aromatic heterocycles. The van der Waals surface area contributed by atoms with Crippen molar-refractivity contribution in [3.8, 4) is 6.07 Å². The highest BCUT2D eigenvalue weighted by atomic mass is 19.4. The second-order valence-electron chi connectivity index (χ2n) is 5.14. The third-order valence-corrected chi connectivity index (χ3v) is 3.58. The molecule has 0 spiro atoms. The summed E-state index contributed by atoms with van der Waals surface area (Å²) in [7, 11) is 0. The van der Waals surface area contributed by atoms with Gasteiger partial charge in [-0.2, -0.15) is 18.4 Å². The van der Waals surface area contributed by atoms with E-state index in [0.717, 1.165) is 17.7 Å². The number of nitriles is 1. The van der Waals surface area contributed by atoms with Crippen molar-refractivity contribution in [2.45, 2.75) is 19.1 Å². The van der Waals surface area contributed by atoms with Gasteiger partial charge in [0.25, 0.3) is 0 Å². The Labute approximate surface area is 130 Å². The van der Waals surface area contributed by atoms with Gasteiger partial charge >= 0.3 is 6.18 Å². The van der Waals surface area contributed by atoms with Crippen molar-refractivity contribution in [1.82, 2.24) is 9.55 Å². The van der Waals surface area contributed by atoms with E-state index in [-0.39, 0.29) is 11.9 Å². The van der Waals surface area contributed by atoms with Crippen molar-refractivity contribution in [3.05, 3.63) is 65.5 Å². The van der Waals surface area contributed by atoms with E-state index in [9.17, 15) is 13.2 Å². The molecule has 3 nitrogen and oxygen atoms in total. The van der Waals surface area contributed by atoms with Gasteiger partial charge in [0.1, 0.15) is 5.82 Å². The number of nitrogens with zero attached hydrogens (tertiary/aromatic N) is 3. The fourth-order valence-electron chi connectivity index (χ4n) is 2.50. The summed E-state index contributed by atoms with van der Waals surface area (Å²) < 4.78 is 40.3. The molecular formula is C17H12F3N3. The summed E-state index contributed by atoms with van der Waals surface area (Å²) in [4.78, 5) is 4.21. The lowest BCUT2D eigenvalue weighted by molar-refractivity contribution is -0.137. The minimum Gasteiger partial charge on any atom is -0.323 e. The van der Waals surface area contributed by atoms with Crippen molar-refractivity contribution in [2.24, 2.45) is 0 Å². The molecule has 6 heteroatoms. The van der Waals surface area contributed by atoms with E-state index in [1.54, 1.807) is 4.57 Å². The van der Waals surface area contributed by atoms with Crippen LogP contribution >= 0.6 is 0 Å². The summed E-state index contributed by atoms with van der Waals surface area (Å²) in [5, 5.41) is 8.94. The number of benzene rings is 2. The maximum absolute atomic E-state index is 12.8. The summed E-state index contributed by atoms with van der Waals surface area (Å²) in [6.45, 7) is 0.458. The first-order valence-electron chi connectivity index (χ1n) is 6.96. The topological polar surface area (TPSA) is 41.6 Å². The van der Waals surface area contributed by atoms with Crippen molar-refractivity contribution in [3.63, 3.8) is 0 Å². The average molecular weight is 315 g/mol. The summed E-state index contributed by atoms with van der Waals surface area (Å²) >= 11 is 0. The largest absolute Gasteiger partial charge is 0.416 e. The Hall–Kier alpha value is -2.81. The summed E-state index contributed by atoms with van der Waals surface area (Å²) in [6.07, 6.45) is -4.37. The zero-order valence-corrected chi connectivity index (χ0v) is 12.0. The molecule has 0 aliphatic rings. The summed E-state index contributed by atoms with van der Waals surface area (Å²) in [5.74, 6) is 0.464. The van der Waals surface area contributed by atoms with Gasteiger partial charge in [0.05, 0.1) is 29.1 Å². The van der Waals surface area contributed by atoms with Crippen LogP contribution in [-0.2, 0) is 19.1 Å². The highest BCUT2D eigenvalue weighted by Gasteiger charge is 2.31. The second-order valence-corrected chi connectivity index (χ2v) is 5.14. The number of alkyl halides is 3. The zero-order valence-electron chi connectivity index (χ0n) is 12.0. The van der Waals surface area contributed by atoms with E-state index in [0.29, 0.717) is 17.9 Å². The molecule has 3 aromatic rings. The van der Waals surface area contributed by atoms with Crippen LogP contribution in [-0.4, -0.2) is 9.55 Å². The fourth-order valence-corrected chi connectivity index (χ4v) is 2.50. The van der Waals surface area contributed by atoms with Crippen LogP contribution in [0, 0.1) is 11.3 Å². The van der Waals surface area contributed by atoms with Gasteiger partial charge in [0.15, 0.2) is 0 Å². The standard InChI is InChI=1S/C17H12F3N3/c18-17(19,20)13-6-7-15-14(10-13)22-16(8-9-21)23(15)11-12-4-2-1-3-5-12/h1-7,10H,8,11H2. The predicted octanol–water partition coefficient (Wildman–Crippen LogP) is 4.17. The summed E-state index contributed by atoms with van der Waals surface area (Å²) in [5.41, 5.74) is 1.09. The number of halogens is 3. The number of hydrogen-bond acceptors (Lipinski definition) is 2. The minimum absolute atomic E-state index is 0.0445. The van der Waals surface area contributed by atoms with Gasteiger partial charge in [0, 0.05) is 6.54 Å². The van der Waals surface area contributed by atoms with E-state index in [2.05, 4.69) is 4.98 Å². The van der Waals surface area contributed by atoms with E-state index in [1.807, 2.05) is 36.4 Å². The molecule has 0 amide bonds. The van der Waals surface area contributed by atoms with Gasteiger partial charge < -0.3 is 4.57 Å². The van der Waals surface area contributed by atoms with Crippen LogP contribution in [0.1, 0.15) is 17.0 Å². The quantitative estimate of drug-likeness (QED) is 0.728. The molecule has 116 valence electrons. The highest BCUT2D eigenvalue weighted by Crippen LogP contribution is 2.31. The van der Waals surface area contributed by atoms with E-state index in [1.165, 1.54) is 6.07 Å². The minimum atomic E-state index is -4.41. The van der Waals surface area contributed by atoms with Crippen molar-refractivity contribution < 1.29 is 13.2 Å². The van der Waals surface area contributed by atoms with Crippen LogP contribution < -0.4 is 0 Å². The normalized spacial score (nSPS) is 11.6. The first kappa shape index (κ1) is 15.1. The Morgan fingerprint density at radius 3 is 2.48 bits per heavy atom. The molecule has 0 fully saturated rings. The molecule has 0 N–H and O–H groups in total. The van der Waals surface area contributed by atoms with Crippen LogP contribution in [0.2, 0.25) is 0 Å². The number of hydrogen-bond donors (Lipinski definition) is 0. The molecule has 0 aliphatic carbocycles. The lowest BCUT2D eigenvalue weighted by Crippen LogP contribution is -2.06. The molecule has 23 heavy (non-hydrogen) atoms. The van der Waals surface area contributed by atoms with E-state index in [4.69, 9.17) is 5.26 Å². The van der Waals surface area contributed by atoms with E-state index < -0.39 is 11.7 Å². The Bertz CT molecular complexity index is 874. The molecule has 1 heterocycles. The zero-order chi connectivity index (χ0) is 16.4. The van der Waals surface area contributed by atoms with Gasteiger partial charge in [0.2, 0.25) is 0 Å². The van der Waals surface area contributed by atoms with Crippen LogP contribution in [0.5, 0.6) is 0 Å². The smallest absolute Gasteiger partial charge is 0.323 e. The van der Waals surface area contributed by atoms with Gasteiger partial charge in [-0.3, -0.25) is 0 Å². The number of aromatic nitrogens is 2. The van der Waals surface area contributed by atoms with Crippen molar-refractivity contribution in [2.75, 3.05) is 0 Å². The Morgan fingerprint density at radius 2 is 1.83 bits per heavy atom. The van der Waals surface area contributed by atoms with Crippen LogP contribution in [0.4, 0.5) is 13.2 Å². The Morgan fingerprint density at radius 1 is 1.09 bits per heavy atom. The molecule has 0 unspecified atom stereocenters. The van der Waals surface area contributed by atoms with Gasteiger partial charge in [-0.15, -0.1) is 0 Å². The van der Waals surface area contributed by atoms with Crippen LogP contribution in [0.15, 0.2) is 48.5 Å². The third-order valence-electron chi connectivity index (χ3n) is 3.58. The second kappa shape index (κ2) is 5.76. The highest BCUT2D eigenvalue weighted by molar-refractivity contribution is 5.77. The molecule has 0 atom stereocenters. The first-order valence-corrected chi connectivity index (χ1v) is 6.96. The van der Waals surface area contributed by atoms with Gasteiger partial charge in [-0.05, 0) is 23.8 Å². The molecule has 0 aliphatic heterocycles. The maximum atomic E-state index is 12.8. The molecule has 2 aromatic carbocycles. The third kappa shape index (κ3) is 3.04. The Kier molecular flexibility index (Phi) is 3.78. The van der Waals surface area contributed by atoms with Crippen molar-refractivity contribution in [1.29, 1.82) is 5.26 Å². The van der Waals surface area contributed by atoms with Gasteiger partial charge in [-0.25, -0.2) is 4.98 Å². The predicted molar refractivity (Wildman–Crippen MR) is 79.6 cm³/mol. The number of imidazole rings is 1.